The van der Waals surface area contributed by atoms with Gasteiger partial charge in [-0.2, -0.15) is 0 Å². The Balaban J connectivity index is 2.68. The summed E-state index contributed by atoms with van der Waals surface area (Å²) in [5.41, 5.74) is 1.54. The molecule has 5 nitrogen and oxygen atoms in total. The SMILES string of the molecule is CCS(=O)(=O)CCNc1nc(C)c(C)nc1Cl. The molecule has 0 fully saturated rings. The predicted molar refractivity (Wildman–Crippen MR) is 69.3 cm³/mol. The van der Waals surface area contributed by atoms with Crippen LogP contribution >= 0.6 is 11.6 Å². The third kappa shape index (κ3) is 4.12. The molecule has 1 rings (SSSR count). The van der Waals surface area contributed by atoms with Gasteiger partial charge < -0.3 is 5.32 Å². The molecule has 0 radical (unpaired) electrons. The summed E-state index contributed by atoms with van der Waals surface area (Å²) in [6, 6.07) is 0. The molecule has 96 valence electrons. The zero-order chi connectivity index (χ0) is 13.1. The molecule has 1 heterocycles. The molecule has 1 N–H and O–H groups in total. The number of hydrogen-bond donors (Lipinski definition) is 1. The first-order valence-electron chi connectivity index (χ1n) is 5.30. The Morgan fingerprint density at radius 3 is 2.41 bits per heavy atom. The van der Waals surface area contributed by atoms with Crippen LogP contribution in [0.1, 0.15) is 18.3 Å². The quantitative estimate of drug-likeness (QED) is 0.885. The van der Waals surface area contributed by atoms with Gasteiger partial charge in [0.15, 0.2) is 20.8 Å². The number of halogens is 1. The molecule has 17 heavy (non-hydrogen) atoms. The van der Waals surface area contributed by atoms with Gasteiger partial charge in [-0.25, -0.2) is 18.4 Å². The highest BCUT2D eigenvalue weighted by atomic mass is 35.5. The van der Waals surface area contributed by atoms with Gasteiger partial charge in [-0.05, 0) is 13.8 Å². The lowest BCUT2D eigenvalue weighted by atomic mass is 10.3. The van der Waals surface area contributed by atoms with E-state index in [1.807, 2.05) is 13.8 Å². The lowest BCUT2D eigenvalue weighted by Gasteiger charge is -2.09. The van der Waals surface area contributed by atoms with Crippen molar-refractivity contribution in [2.75, 3.05) is 23.4 Å². The van der Waals surface area contributed by atoms with Gasteiger partial charge in [0.1, 0.15) is 0 Å². The van der Waals surface area contributed by atoms with Crippen LogP contribution in [0, 0.1) is 13.8 Å². The van der Waals surface area contributed by atoms with E-state index in [1.54, 1.807) is 6.92 Å². The average Bonchev–Trinajstić information content (AvgIpc) is 2.25. The Hall–Kier alpha value is -0.880. The van der Waals surface area contributed by atoms with Crippen LogP contribution in [-0.4, -0.2) is 36.4 Å². The van der Waals surface area contributed by atoms with E-state index in [-0.39, 0.29) is 23.2 Å². The fourth-order valence-corrected chi connectivity index (χ4v) is 2.10. The van der Waals surface area contributed by atoms with Crippen LogP contribution in [0.25, 0.3) is 0 Å². The lowest BCUT2D eigenvalue weighted by Crippen LogP contribution is -2.18. The zero-order valence-corrected chi connectivity index (χ0v) is 11.7. The van der Waals surface area contributed by atoms with E-state index < -0.39 is 9.84 Å². The van der Waals surface area contributed by atoms with Crippen molar-refractivity contribution >= 4 is 27.3 Å². The van der Waals surface area contributed by atoms with Gasteiger partial charge in [0.2, 0.25) is 0 Å². The molecule has 0 spiro atoms. The molecule has 0 aromatic carbocycles. The highest BCUT2D eigenvalue weighted by molar-refractivity contribution is 7.91. The van der Waals surface area contributed by atoms with Crippen molar-refractivity contribution in [3.8, 4) is 0 Å². The second kappa shape index (κ2) is 5.64. The fraction of sp³-hybridized carbons (Fsp3) is 0.600. The number of hydrogen-bond acceptors (Lipinski definition) is 5. The molecule has 0 aliphatic heterocycles. The van der Waals surface area contributed by atoms with Crippen molar-refractivity contribution in [2.45, 2.75) is 20.8 Å². The summed E-state index contributed by atoms with van der Waals surface area (Å²) < 4.78 is 22.6. The Morgan fingerprint density at radius 1 is 1.24 bits per heavy atom. The van der Waals surface area contributed by atoms with E-state index in [1.165, 1.54) is 0 Å². The number of sulfone groups is 1. The molecular weight excluding hydrogens is 262 g/mol. The summed E-state index contributed by atoms with van der Waals surface area (Å²) >= 11 is 5.90. The summed E-state index contributed by atoms with van der Waals surface area (Å²) in [5, 5.41) is 3.15. The van der Waals surface area contributed by atoms with Gasteiger partial charge in [0, 0.05) is 12.3 Å². The van der Waals surface area contributed by atoms with E-state index in [0.29, 0.717) is 5.82 Å². The number of nitrogens with one attached hydrogen (secondary N) is 1. The van der Waals surface area contributed by atoms with Crippen LogP contribution in [0.3, 0.4) is 0 Å². The Kier molecular flexibility index (Phi) is 4.70. The van der Waals surface area contributed by atoms with Gasteiger partial charge in [0.05, 0.1) is 17.1 Å². The van der Waals surface area contributed by atoms with Gasteiger partial charge in [-0.1, -0.05) is 18.5 Å². The maximum absolute atomic E-state index is 11.3. The normalized spacial score (nSPS) is 11.5. The van der Waals surface area contributed by atoms with E-state index in [0.717, 1.165) is 11.4 Å². The van der Waals surface area contributed by atoms with Gasteiger partial charge >= 0.3 is 0 Å². The number of anilines is 1. The second-order valence-corrected chi connectivity index (χ2v) is 6.53. The first-order valence-corrected chi connectivity index (χ1v) is 7.50. The minimum absolute atomic E-state index is 0.0639. The topological polar surface area (TPSA) is 72.0 Å². The number of rotatable bonds is 5. The molecule has 0 bridgehead atoms. The summed E-state index contributed by atoms with van der Waals surface area (Å²) in [7, 11) is -2.97. The molecule has 0 atom stereocenters. The van der Waals surface area contributed by atoms with Crippen LogP contribution in [0.5, 0.6) is 0 Å². The summed E-state index contributed by atoms with van der Waals surface area (Å²) in [6.07, 6.45) is 0. The van der Waals surface area contributed by atoms with Crippen LogP contribution in [0.15, 0.2) is 0 Å². The maximum Gasteiger partial charge on any atom is 0.171 e. The molecule has 0 aliphatic rings. The van der Waals surface area contributed by atoms with E-state index >= 15 is 0 Å². The van der Waals surface area contributed by atoms with Crippen molar-refractivity contribution in [2.24, 2.45) is 0 Å². The molecule has 0 saturated carbocycles. The predicted octanol–water partition coefficient (Wildman–Crippen LogP) is 1.59. The zero-order valence-electron chi connectivity index (χ0n) is 10.1. The molecule has 1 aromatic rings. The number of aryl methyl sites for hydroxylation is 2. The van der Waals surface area contributed by atoms with E-state index in [2.05, 4.69) is 15.3 Å². The second-order valence-electron chi connectivity index (χ2n) is 3.70. The monoisotopic (exact) mass is 277 g/mol. The fourth-order valence-electron chi connectivity index (χ4n) is 1.16. The maximum atomic E-state index is 11.3. The van der Waals surface area contributed by atoms with Gasteiger partial charge in [0.25, 0.3) is 0 Å². The van der Waals surface area contributed by atoms with Gasteiger partial charge in [-0.3, -0.25) is 0 Å². The third-order valence-corrected chi connectivity index (χ3v) is 4.38. The summed E-state index contributed by atoms with van der Waals surface area (Å²) in [5.74, 6) is 0.635. The Bertz CT molecular complexity index is 503. The van der Waals surface area contributed by atoms with Crippen LogP contribution in [-0.2, 0) is 9.84 Å². The highest BCUT2D eigenvalue weighted by Gasteiger charge is 2.09. The minimum Gasteiger partial charge on any atom is -0.366 e. The van der Waals surface area contributed by atoms with Crippen LogP contribution < -0.4 is 5.32 Å². The molecule has 7 heteroatoms. The molecular formula is C10H16ClN3O2S. The van der Waals surface area contributed by atoms with Crippen molar-refractivity contribution in [3.05, 3.63) is 16.5 Å². The molecule has 0 amide bonds. The van der Waals surface area contributed by atoms with E-state index in [4.69, 9.17) is 11.6 Å². The van der Waals surface area contributed by atoms with Crippen LogP contribution in [0.4, 0.5) is 5.82 Å². The first-order chi connectivity index (χ1) is 7.85. The average molecular weight is 278 g/mol. The van der Waals surface area contributed by atoms with Gasteiger partial charge in [-0.15, -0.1) is 0 Å². The van der Waals surface area contributed by atoms with Crippen molar-refractivity contribution < 1.29 is 8.42 Å². The summed E-state index contributed by atoms with van der Waals surface area (Å²) in [4.78, 5) is 8.32. The third-order valence-electron chi connectivity index (χ3n) is 2.41. The van der Waals surface area contributed by atoms with Crippen molar-refractivity contribution in [3.63, 3.8) is 0 Å². The molecule has 1 aromatic heterocycles. The number of nitrogens with zero attached hydrogens (tertiary/aromatic N) is 2. The highest BCUT2D eigenvalue weighted by Crippen LogP contribution is 2.17. The standard InChI is InChI=1S/C10H16ClN3O2S/c1-4-17(15,16)6-5-12-10-9(11)13-7(2)8(3)14-10/h4-6H2,1-3H3,(H,12,14). The first kappa shape index (κ1) is 14.2. The van der Waals surface area contributed by atoms with Crippen molar-refractivity contribution in [1.29, 1.82) is 0 Å². The van der Waals surface area contributed by atoms with Crippen LogP contribution in [0.2, 0.25) is 5.15 Å². The lowest BCUT2D eigenvalue weighted by molar-refractivity contribution is 0.597. The van der Waals surface area contributed by atoms with E-state index in [9.17, 15) is 8.42 Å². The minimum atomic E-state index is -2.97. The Labute approximate surface area is 107 Å². The molecule has 0 unspecified atom stereocenters. The van der Waals surface area contributed by atoms with Crippen molar-refractivity contribution in [1.82, 2.24) is 9.97 Å². The Morgan fingerprint density at radius 2 is 1.82 bits per heavy atom. The largest absolute Gasteiger partial charge is 0.366 e. The number of aromatic nitrogens is 2. The molecule has 0 saturated heterocycles. The smallest absolute Gasteiger partial charge is 0.171 e. The summed E-state index contributed by atoms with van der Waals surface area (Å²) in [6.45, 7) is 5.55. The molecule has 0 aliphatic carbocycles.